The van der Waals surface area contributed by atoms with Gasteiger partial charge in [0, 0.05) is 22.3 Å². The number of rotatable bonds is 4. The van der Waals surface area contributed by atoms with Gasteiger partial charge in [-0.1, -0.05) is 29.8 Å². The first-order valence-electron chi connectivity index (χ1n) is 9.64. The Morgan fingerprint density at radius 2 is 1.82 bits per heavy atom. The number of halogens is 1. The number of aromatic nitrogens is 1. The van der Waals surface area contributed by atoms with Crippen molar-refractivity contribution in [1.82, 2.24) is 4.98 Å². The number of benzene rings is 2. The van der Waals surface area contributed by atoms with Gasteiger partial charge in [0.1, 0.15) is 0 Å². The van der Waals surface area contributed by atoms with Crippen LogP contribution in [0.25, 0.3) is 10.9 Å². The Hall–Kier alpha value is -2.43. The average molecular weight is 395 g/mol. The van der Waals surface area contributed by atoms with E-state index >= 15 is 0 Å². The molecule has 1 saturated carbocycles. The third-order valence-corrected chi connectivity index (χ3v) is 5.91. The van der Waals surface area contributed by atoms with Gasteiger partial charge < -0.3 is 10.4 Å². The molecular weight excluding hydrogens is 372 g/mol. The minimum atomic E-state index is -0.949. The Bertz CT molecular complexity index is 974. The molecule has 3 aromatic rings. The molecule has 1 aromatic heterocycles. The zero-order valence-corrected chi connectivity index (χ0v) is 16.3. The number of carbonyl (C=O) groups excluding carboxylic acids is 1. The molecular formula is C23H23ClN2O2. The standard InChI is InChI=1S/C23H23ClN2O2/c24-17-5-7-18(8-6-17)26-22(27)15-23(28)12-9-16(10-13-23)19-11-14-25-21-4-2-1-3-20(19)21/h1-8,11,14,16,28H,9-10,12-13,15H2,(H,26,27)/t16-,23+. The summed E-state index contributed by atoms with van der Waals surface area (Å²) in [6.07, 6.45) is 4.92. The molecule has 2 N–H and O–H groups in total. The fourth-order valence-corrected chi connectivity index (χ4v) is 4.28. The molecule has 5 heteroatoms. The monoisotopic (exact) mass is 394 g/mol. The zero-order valence-electron chi connectivity index (χ0n) is 15.6. The van der Waals surface area contributed by atoms with E-state index in [2.05, 4.69) is 22.4 Å². The minimum absolute atomic E-state index is 0.111. The van der Waals surface area contributed by atoms with Crippen LogP contribution in [-0.4, -0.2) is 21.6 Å². The van der Waals surface area contributed by atoms with Crippen LogP contribution >= 0.6 is 11.6 Å². The Morgan fingerprint density at radius 1 is 1.11 bits per heavy atom. The number of hydrogen-bond acceptors (Lipinski definition) is 3. The molecule has 28 heavy (non-hydrogen) atoms. The van der Waals surface area contributed by atoms with Gasteiger partial charge in [-0.15, -0.1) is 0 Å². The summed E-state index contributed by atoms with van der Waals surface area (Å²) < 4.78 is 0. The maximum atomic E-state index is 12.4. The summed E-state index contributed by atoms with van der Waals surface area (Å²) >= 11 is 5.87. The van der Waals surface area contributed by atoms with Crippen molar-refractivity contribution in [3.8, 4) is 0 Å². The maximum absolute atomic E-state index is 12.4. The summed E-state index contributed by atoms with van der Waals surface area (Å²) in [6, 6.07) is 17.2. The van der Waals surface area contributed by atoms with Gasteiger partial charge in [-0.3, -0.25) is 9.78 Å². The van der Waals surface area contributed by atoms with Gasteiger partial charge in [0.2, 0.25) is 5.91 Å². The quantitative estimate of drug-likeness (QED) is 0.630. The molecule has 4 rings (SSSR count). The van der Waals surface area contributed by atoms with Gasteiger partial charge in [-0.25, -0.2) is 0 Å². The average Bonchev–Trinajstić information content (AvgIpc) is 2.70. The van der Waals surface area contributed by atoms with Crippen LogP contribution in [0.4, 0.5) is 5.69 Å². The predicted molar refractivity (Wildman–Crippen MR) is 113 cm³/mol. The number of nitrogens with zero attached hydrogens (tertiary/aromatic N) is 1. The summed E-state index contributed by atoms with van der Waals surface area (Å²) in [5.41, 5.74) is 2.03. The van der Waals surface area contributed by atoms with Crippen LogP contribution in [0.3, 0.4) is 0 Å². The van der Waals surface area contributed by atoms with E-state index in [1.807, 2.05) is 24.4 Å². The third kappa shape index (κ3) is 4.18. The highest BCUT2D eigenvalue weighted by molar-refractivity contribution is 6.30. The van der Waals surface area contributed by atoms with Crippen LogP contribution in [-0.2, 0) is 4.79 Å². The highest BCUT2D eigenvalue weighted by Gasteiger charge is 2.36. The number of para-hydroxylation sites is 1. The fraction of sp³-hybridized carbons (Fsp3) is 0.304. The van der Waals surface area contributed by atoms with Crippen molar-refractivity contribution in [2.45, 2.75) is 43.6 Å². The van der Waals surface area contributed by atoms with E-state index in [-0.39, 0.29) is 12.3 Å². The van der Waals surface area contributed by atoms with Crippen LogP contribution in [0.15, 0.2) is 60.8 Å². The van der Waals surface area contributed by atoms with Crippen molar-refractivity contribution in [2.75, 3.05) is 5.32 Å². The van der Waals surface area contributed by atoms with E-state index in [0.29, 0.717) is 29.5 Å². The molecule has 0 bridgehead atoms. The van der Waals surface area contributed by atoms with Crippen LogP contribution < -0.4 is 5.32 Å². The molecule has 0 saturated heterocycles. The number of fused-ring (bicyclic) bond motifs is 1. The molecule has 0 spiro atoms. The van der Waals surface area contributed by atoms with Gasteiger partial charge in [0.15, 0.2) is 0 Å². The molecule has 0 atom stereocenters. The number of carbonyl (C=O) groups is 1. The summed E-state index contributed by atoms with van der Waals surface area (Å²) in [4.78, 5) is 16.8. The molecule has 0 radical (unpaired) electrons. The first-order chi connectivity index (χ1) is 13.5. The van der Waals surface area contributed by atoms with E-state index in [0.717, 1.165) is 18.4 Å². The number of amides is 1. The Morgan fingerprint density at radius 3 is 2.57 bits per heavy atom. The predicted octanol–water partition coefficient (Wildman–Crippen LogP) is 5.31. The second-order valence-electron chi connectivity index (χ2n) is 7.65. The first-order valence-corrected chi connectivity index (χ1v) is 10.0. The van der Waals surface area contributed by atoms with E-state index in [4.69, 9.17) is 11.6 Å². The van der Waals surface area contributed by atoms with Crippen LogP contribution in [0.5, 0.6) is 0 Å². The van der Waals surface area contributed by atoms with Crippen LogP contribution in [0, 0.1) is 0 Å². The van der Waals surface area contributed by atoms with Crippen molar-refractivity contribution in [3.05, 3.63) is 71.4 Å². The Labute approximate surface area is 169 Å². The SMILES string of the molecule is O=C(C[C@]1(O)CC[C@@H](c2ccnc3ccccc32)CC1)Nc1ccc(Cl)cc1. The highest BCUT2D eigenvalue weighted by Crippen LogP contribution is 2.41. The fourth-order valence-electron chi connectivity index (χ4n) is 4.15. The molecule has 1 amide bonds. The van der Waals surface area contributed by atoms with Gasteiger partial charge in [-0.05, 0) is 73.6 Å². The lowest BCUT2D eigenvalue weighted by molar-refractivity contribution is -0.122. The van der Waals surface area contributed by atoms with E-state index in [1.54, 1.807) is 24.3 Å². The molecule has 0 aliphatic heterocycles. The summed E-state index contributed by atoms with van der Waals surface area (Å²) in [7, 11) is 0. The highest BCUT2D eigenvalue weighted by atomic mass is 35.5. The number of nitrogens with one attached hydrogen (secondary N) is 1. The minimum Gasteiger partial charge on any atom is -0.389 e. The molecule has 1 heterocycles. The summed E-state index contributed by atoms with van der Waals surface area (Å²) in [5, 5.41) is 15.6. The van der Waals surface area contributed by atoms with Crippen molar-refractivity contribution < 1.29 is 9.90 Å². The number of pyridine rings is 1. The lowest BCUT2D eigenvalue weighted by Crippen LogP contribution is -2.37. The van der Waals surface area contributed by atoms with E-state index in [1.165, 1.54) is 10.9 Å². The normalized spacial score (nSPS) is 22.1. The molecule has 1 aliphatic rings. The summed E-state index contributed by atoms with van der Waals surface area (Å²) in [6.45, 7) is 0. The second-order valence-corrected chi connectivity index (χ2v) is 8.08. The smallest absolute Gasteiger partial charge is 0.227 e. The van der Waals surface area contributed by atoms with Crippen LogP contribution in [0.2, 0.25) is 5.02 Å². The molecule has 0 unspecified atom stereocenters. The van der Waals surface area contributed by atoms with Crippen molar-refractivity contribution in [2.24, 2.45) is 0 Å². The zero-order chi connectivity index (χ0) is 19.6. The van der Waals surface area contributed by atoms with Gasteiger partial charge in [0.05, 0.1) is 17.5 Å². The number of anilines is 1. The van der Waals surface area contributed by atoms with E-state index < -0.39 is 5.60 Å². The Balaban J connectivity index is 1.39. The van der Waals surface area contributed by atoms with Gasteiger partial charge >= 0.3 is 0 Å². The second kappa shape index (κ2) is 7.90. The summed E-state index contributed by atoms with van der Waals surface area (Å²) in [5.74, 6) is 0.213. The molecule has 144 valence electrons. The van der Waals surface area contributed by atoms with Gasteiger partial charge in [0.25, 0.3) is 0 Å². The van der Waals surface area contributed by atoms with Crippen molar-refractivity contribution in [3.63, 3.8) is 0 Å². The largest absolute Gasteiger partial charge is 0.389 e. The lowest BCUT2D eigenvalue weighted by atomic mass is 9.74. The van der Waals surface area contributed by atoms with Crippen LogP contribution in [0.1, 0.15) is 43.6 Å². The van der Waals surface area contributed by atoms with E-state index in [9.17, 15) is 9.90 Å². The molecule has 2 aromatic carbocycles. The molecule has 1 fully saturated rings. The topological polar surface area (TPSA) is 62.2 Å². The Kier molecular flexibility index (Phi) is 5.33. The molecule has 1 aliphatic carbocycles. The number of hydrogen-bond donors (Lipinski definition) is 2. The third-order valence-electron chi connectivity index (χ3n) is 5.66. The van der Waals surface area contributed by atoms with Crippen molar-refractivity contribution in [1.29, 1.82) is 0 Å². The number of aliphatic hydroxyl groups is 1. The van der Waals surface area contributed by atoms with Crippen molar-refractivity contribution >= 4 is 34.1 Å². The lowest BCUT2D eigenvalue weighted by Gasteiger charge is -2.36. The van der Waals surface area contributed by atoms with Gasteiger partial charge in [-0.2, -0.15) is 0 Å². The maximum Gasteiger partial charge on any atom is 0.227 e. The first kappa shape index (κ1) is 18.9. The molecule has 4 nitrogen and oxygen atoms in total.